The van der Waals surface area contributed by atoms with Gasteiger partial charge in [0.2, 0.25) is 0 Å². The second kappa shape index (κ2) is 13.2. The van der Waals surface area contributed by atoms with Gasteiger partial charge in [0.25, 0.3) is 0 Å². The first-order valence-electron chi connectivity index (χ1n) is 16.3. The molecule has 0 fully saturated rings. The zero-order valence-electron chi connectivity index (χ0n) is 27.0. The van der Waals surface area contributed by atoms with E-state index in [-0.39, 0.29) is 0 Å². The van der Waals surface area contributed by atoms with Gasteiger partial charge in [0.15, 0.2) is 0 Å². The second-order valence-corrected chi connectivity index (χ2v) is 12.1. The van der Waals surface area contributed by atoms with Crippen molar-refractivity contribution in [1.82, 2.24) is 9.97 Å². The second-order valence-electron chi connectivity index (χ2n) is 12.1. The van der Waals surface area contributed by atoms with E-state index in [0.29, 0.717) is 11.1 Å². The number of pyridine rings is 2. The molecule has 8 rings (SSSR count). The van der Waals surface area contributed by atoms with Crippen LogP contribution in [0.25, 0.3) is 77.5 Å². The Morgan fingerprint density at radius 1 is 0.320 bits per heavy atom. The molecule has 0 aliphatic rings. The van der Waals surface area contributed by atoms with E-state index in [1.165, 1.54) is 0 Å². The summed E-state index contributed by atoms with van der Waals surface area (Å²) in [7, 11) is 0. The molecule has 0 saturated carbocycles. The van der Waals surface area contributed by atoms with Gasteiger partial charge in [-0.2, -0.15) is 10.5 Å². The predicted molar refractivity (Wildman–Crippen MR) is 202 cm³/mol. The molecule has 6 aromatic carbocycles. The molecule has 4 nitrogen and oxygen atoms in total. The van der Waals surface area contributed by atoms with Gasteiger partial charge in [0.1, 0.15) is 12.1 Å². The number of benzene rings is 6. The minimum atomic E-state index is 0.535. The summed E-state index contributed by atoms with van der Waals surface area (Å²) >= 11 is 0. The molecule has 50 heavy (non-hydrogen) atoms. The van der Waals surface area contributed by atoms with Crippen LogP contribution in [0.5, 0.6) is 0 Å². The molecular weight excluding hydrogens is 609 g/mol. The average Bonchev–Trinajstić information content (AvgIpc) is 3.20. The molecule has 0 bridgehead atoms. The van der Waals surface area contributed by atoms with Gasteiger partial charge in [-0.3, -0.25) is 9.97 Å². The Labute approximate surface area is 290 Å². The van der Waals surface area contributed by atoms with E-state index in [2.05, 4.69) is 156 Å². The van der Waals surface area contributed by atoms with Crippen molar-refractivity contribution in [1.29, 1.82) is 10.5 Å². The van der Waals surface area contributed by atoms with Crippen molar-refractivity contribution in [3.05, 3.63) is 182 Å². The maximum absolute atomic E-state index is 9.45. The quantitative estimate of drug-likeness (QED) is 0.182. The molecule has 2 heterocycles. The van der Waals surface area contributed by atoms with Gasteiger partial charge in [-0.25, -0.2) is 0 Å². The number of nitriles is 2. The van der Waals surface area contributed by atoms with Crippen LogP contribution in [-0.2, 0) is 0 Å². The highest BCUT2D eigenvalue weighted by Gasteiger charge is 2.24. The van der Waals surface area contributed by atoms with Crippen LogP contribution in [0, 0.1) is 22.7 Å². The minimum absolute atomic E-state index is 0.535. The monoisotopic (exact) mass is 636 g/mol. The van der Waals surface area contributed by atoms with Crippen LogP contribution in [0.3, 0.4) is 0 Å². The number of aromatic nitrogens is 2. The van der Waals surface area contributed by atoms with Crippen LogP contribution in [0.15, 0.2) is 170 Å². The summed E-state index contributed by atoms with van der Waals surface area (Å²) in [4.78, 5) is 8.57. The summed E-state index contributed by atoms with van der Waals surface area (Å²) in [6, 6.07) is 55.2. The normalized spacial score (nSPS) is 10.8. The SMILES string of the molecule is N#Cc1cncc(-c2ccc(-c3c(-c4ccccc4)c(-c4ccccc4)c(-c4ccc(-c5cncc(C#N)c5)cc4)c4ccccc34)cc2)c1. The van der Waals surface area contributed by atoms with E-state index in [4.69, 9.17) is 0 Å². The number of rotatable bonds is 6. The molecule has 8 aromatic rings. The molecule has 0 spiro atoms. The zero-order chi connectivity index (χ0) is 33.9. The summed E-state index contributed by atoms with van der Waals surface area (Å²) in [5.74, 6) is 0. The lowest BCUT2D eigenvalue weighted by Crippen LogP contribution is -1.97. The highest BCUT2D eigenvalue weighted by molar-refractivity contribution is 6.18. The molecule has 0 saturated heterocycles. The van der Waals surface area contributed by atoms with Crippen molar-refractivity contribution in [2.24, 2.45) is 0 Å². The Morgan fingerprint density at radius 3 is 1.04 bits per heavy atom. The molecule has 2 aromatic heterocycles. The fraction of sp³-hybridized carbons (Fsp3) is 0. The van der Waals surface area contributed by atoms with Gasteiger partial charge in [0.05, 0.1) is 11.1 Å². The van der Waals surface area contributed by atoms with Crippen LogP contribution in [0.2, 0.25) is 0 Å². The summed E-state index contributed by atoms with van der Waals surface area (Å²) in [5, 5.41) is 21.2. The molecule has 232 valence electrons. The standard InChI is InChI=1S/C46H28N4/c47-25-31-23-39(29-49-27-31)33-15-19-37(20-16-33)43-41-13-7-8-14-42(41)44(38-21-17-34(18-22-38)40-24-32(26-48)28-50-30-40)46(36-11-5-2-6-12-36)45(43)35-9-3-1-4-10-35/h1-24,27-30H. The molecule has 0 amide bonds. The van der Waals surface area contributed by atoms with E-state index in [1.807, 2.05) is 12.1 Å². The molecule has 0 radical (unpaired) electrons. The smallest absolute Gasteiger partial charge is 0.101 e. The maximum atomic E-state index is 9.45. The van der Waals surface area contributed by atoms with Crippen LogP contribution < -0.4 is 0 Å². The average molecular weight is 637 g/mol. The highest BCUT2D eigenvalue weighted by atomic mass is 14.6. The summed E-state index contributed by atoms with van der Waals surface area (Å²) in [6.07, 6.45) is 6.76. The van der Waals surface area contributed by atoms with Gasteiger partial charge in [-0.05, 0) is 78.5 Å². The first kappa shape index (κ1) is 30.2. The summed E-state index contributed by atoms with van der Waals surface area (Å²) < 4.78 is 0. The van der Waals surface area contributed by atoms with Crippen LogP contribution in [0.4, 0.5) is 0 Å². The highest BCUT2D eigenvalue weighted by Crippen LogP contribution is 2.51. The molecule has 0 unspecified atom stereocenters. The largest absolute Gasteiger partial charge is 0.263 e. The molecule has 0 atom stereocenters. The van der Waals surface area contributed by atoms with Crippen molar-refractivity contribution < 1.29 is 0 Å². The molecular formula is C46H28N4. The summed E-state index contributed by atoms with van der Waals surface area (Å²) in [5.41, 5.74) is 13.9. The number of hydrogen-bond donors (Lipinski definition) is 0. The lowest BCUT2D eigenvalue weighted by atomic mass is 9.78. The van der Waals surface area contributed by atoms with Gasteiger partial charge in [-0.1, -0.05) is 133 Å². The number of fused-ring (bicyclic) bond motifs is 1. The third-order valence-corrected chi connectivity index (χ3v) is 9.09. The number of nitrogens with zero attached hydrogens (tertiary/aromatic N) is 4. The van der Waals surface area contributed by atoms with E-state index in [1.54, 1.807) is 24.8 Å². The Bertz CT molecular complexity index is 2390. The fourth-order valence-corrected chi connectivity index (χ4v) is 6.80. The molecule has 0 aliphatic heterocycles. The van der Waals surface area contributed by atoms with Gasteiger partial charge in [0, 0.05) is 35.9 Å². The van der Waals surface area contributed by atoms with Crippen molar-refractivity contribution in [3.8, 4) is 78.9 Å². The van der Waals surface area contributed by atoms with E-state index in [9.17, 15) is 10.5 Å². The van der Waals surface area contributed by atoms with Crippen molar-refractivity contribution >= 4 is 10.8 Å². The van der Waals surface area contributed by atoms with Gasteiger partial charge < -0.3 is 0 Å². The Morgan fingerprint density at radius 2 is 0.660 bits per heavy atom. The third kappa shape index (κ3) is 5.58. The Balaban J connectivity index is 1.41. The van der Waals surface area contributed by atoms with Crippen LogP contribution in [0.1, 0.15) is 11.1 Å². The topological polar surface area (TPSA) is 73.4 Å². The number of hydrogen-bond acceptors (Lipinski definition) is 4. The fourth-order valence-electron chi connectivity index (χ4n) is 6.80. The van der Waals surface area contributed by atoms with Gasteiger partial charge >= 0.3 is 0 Å². The predicted octanol–water partition coefficient (Wildman–Crippen LogP) is 11.4. The van der Waals surface area contributed by atoms with E-state index >= 15 is 0 Å². The Hall–Kier alpha value is -7.14. The molecule has 0 N–H and O–H groups in total. The summed E-state index contributed by atoms with van der Waals surface area (Å²) in [6.45, 7) is 0. The van der Waals surface area contributed by atoms with E-state index in [0.717, 1.165) is 77.5 Å². The van der Waals surface area contributed by atoms with Crippen molar-refractivity contribution in [2.45, 2.75) is 0 Å². The van der Waals surface area contributed by atoms with Crippen molar-refractivity contribution in [3.63, 3.8) is 0 Å². The van der Waals surface area contributed by atoms with Crippen molar-refractivity contribution in [2.75, 3.05) is 0 Å². The molecule has 4 heteroatoms. The lowest BCUT2D eigenvalue weighted by molar-refractivity contribution is 1.30. The lowest BCUT2D eigenvalue weighted by Gasteiger charge is -2.24. The first-order valence-corrected chi connectivity index (χ1v) is 16.3. The van der Waals surface area contributed by atoms with Crippen LogP contribution >= 0.6 is 0 Å². The third-order valence-electron chi connectivity index (χ3n) is 9.09. The zero-order valence-corrected chi connectivity index (χ0v) is 27.0. The molecule has 0 aliphatic carbocycles. The van der Waals surface area contributed by atoms with Gasteiger partial charge in [-0.15, -0.1) is 0 Å². The first-order chi connectivity index (χ1) is 24.7. The minimum Gasteiger partial charge on any atom is -0.263 e. The van der Waals surface area contributed by atoms with Crippen LogP contribution in [-0.4, -0.2) is 9.97 Å². The van der Waals surface area contributed by atoms with E-state index < -0.39 is 0 Å². The Kier molecular flexibility index (Phi) is 7.95. The maximum Gasteiger partial charge on any atom is 0.101 e.